The topological polar surface area (TPSA) is 27.6 Å². The molecule has 0 heterocycles. The van der Waals surface area contributed by atoms with Gasteiger partial charge >= 0.3 is 0 Å². The number of nitrogens with one attached hydrogen (secondary N) is 1. The van der Waals surface area contributed by atoms with Crippen LogP contribution in [0.1, 0.15) is 12.5 Å². The lowest BCUT2D eigenvalue weighted by Crippen LogP contribution is -2.14. The van der Waals surface area contributed by atoms with Gasteiger partial charge in [0.2, 0.25) is 0 Å². The number of rotatable bonds is 5. The molecule has 22 heavy (non-hydrogen) atoms. The summed E-state index contributed by atoms with van der Waals surface area (Å²) in [6, 6.07) is 8.98. The summed E-state index contributed by atoms with van der Waals surface area (Å²) in [5.74, 6) is -0.808. The van der Waals surface area contributed by atoms with Gasteiger partial charge in [0.25, 0.3) is 0 Å². The molecule has 0 radical (unpaired) electrons. The van der Waals surface area contributed by atoms with Crippen LogP contribution in [-0.2, 0) is 0 Å². The Morgan fingerprint density at radius 3 is 2.59 bits per heavy atom. The Morgan fingerprint density at radius 2 is 1.91 bits per heavy atom. The van der Waals surface area contributed by atoms with E-state index in [0.29, 0.717) is 17.1 Å². The molecule has 0 bridgehead atoms. The first-order valence-corrected chi connectivity index (χ1v) is 7.07. The summed E-state index contributed by atoms with van der Waals surface area (Å²) < 4.78 is 27.5. The minimum Gasteiger partial charge on any atom is -0.366 e. The molecule has 2 rings (SSSR count). The van der Waals surface area contributed by atoms with Crippen molar-refractivity contribution in [1.82, 2.24) is 4.90 Å². The van der Waals surface area contributed by atoms with Crippen LogP contribution in [0.3, 0.4) is 0 Å². The monoisotopic (exact) mass is 303 g/mol. The molecule has 1 N–H and O–H groups in total. The van der Waals surface area contributed by atoms with Crippen molar-refractivity contribution < 1.29 is 8.78 Å². The molecule has 0 spiro atoms. The van der Waals surface area contributed by atoms with E-state index < -0.39 is 5.82 Å². The fourth-order valence-corrected chi connectivity index (χ4v) is 1.88. The average Bonchev–Trinajstić information content (AvgIpc) is 2.50. The molecule has 0 saturated carbocycles. The van der Waals surface area contributed by atoms with Gasteiger partial charge in [-0.3, -0.25) is 0 Å². The Balaban J connectivity index is 2.35. The highest BCUT2D eigenvalue weighted by atomic mass is 19.1. The Labute approximate surface area is 129 Å². The molecule has 2 aromatic carbocycles. The van der Waals surface area contributed by atoms with Crippen molar-refractivity contribution in [2.75, 3.05) is 18.9 Å². The molecule has 0 amide bonds. The maximum atomic E-state index is 13.8. The van der Waals surface area contributed by atoms with Gasteiger partial charge < -0.3 is 10.2 Å². The maximum absolute atomic E-state index is 13.8. The summed E-state index contributed by atoms with van der Waals surface area (Å²) in [7, 11) is 1.89. The second-order valence-electron chi connectivity index (χ2n) is 5.02. The van der Waals surface area contributed by atoms with E-state index in [4.69, 9.17) is 0 Å². The third kappa shape index (κ3) is 3.81. The van der Waals surface area contributed by atoms with Gasteiger partial charge in [0.05, 0.1) is 17.7 Å². The van der Waals surface area contributed by atoms with E-state index in [1.165, 1.54) is 18.2 Å². The highest BCUT2D eigenvalue weighted by molar-refractivity contribution is 5.72. The lowest BCUT2D eigenvalue weighted by Gasteiger charge is -2.13. The first kappa shape index (κ1) is 15.9. The lowest BCUT2D eigenvalue weighted by atomic mass is 10.1. The summed E-state index contributed by atoms with van der Waals surface area (Å²) in [6.45, 7) is 4.62. The standard InChI is InChI=1S/C17H19F2N3/c1-4-22(3)11-20-16-9-13(18)10-17(12(16)2)21-15-8-6-5-7-14(15)19/h5-11,21H,4H2,1-3H3. The van der Waals surface area contributed by atoms with Crippen molar-refractivity contribution in [2.45, 2.75) is 13.8 Å². The smallest absolute Gasteiger partial charge is 0.146 e. The van der Waals surface area contributed by atoms with Crippen molar-refractivity contribution >= 4 is 23.4 Å². The van der Waals surface area contributed by atoms with Gasteiger partial charge in [0.15, 0.2) is 0 Å². The molecule has 0 saturated heterocycles. The summed E-state index contributed by atoms with van der Waals surface area (Å²) in [5, 5.41) is 2.92. The van der Waals surface area contributed by atoms with Gasteiger partial charge in [-0.2, -0.15) is 0 Å². The minimum atomic E-state index is -0.421. The molecule has 2 aromatic rings. The van der Waals surface area contributed by atoms with Gasteiger partial charge in [-0.1, -0.05) is 12.1 Å². The van der Waals surface area contributed by atoms with Crippen molar-refractivity contribution in [1.29, 1.82) is 0 Å². The van der Waals surface area contributed by atoms with Crippen LogP contribution in [-0.4, -0.2) is 24.8 Å². The molecule has 3 nitrogen and oxygen atoms in total. The van der Waals surface area contributed by atoms with E-state index >= 15 is 0 Å². The quantitative estimate of drug-likeness (QED) is 0.644. The molecule has 116 valence electrons. The molecule has 0 fully saturated rings. The molecular weight excluding hydrogens is 284 g/mol. The van der Waals surface area contributed by atoms with E-state index in [1.54, 1.807) is 24.5 Å². The highest BCUT2D eigenvalue weighted by Crippen LogP contribution is 2.30. The van der Waals surface area contributed by atoms with E-state index in [9.17, 15) is 8.78 Å². The van der Waals surface area contributed by atoms with Crippen LogP contribution in [0.4, 0.5) is 25.8 Å². The van der Waals surface area contributed by atoms with Crippen LogP contribution in [0, 0.1) is 18.6 Å². The molecule has 0 unspecified atom stereocenters. The number of nitrogens with zero attached hydrogens (tertiary/aromatic N) is 2. The van der Waals surface area contributed by atoms with Crippen molar-refractivity contribution in [3.63, 3.8) is 0 Å². The third-order valence-electron chi connectivity index (χ3n) is 3.38. The summed E-state index contributed by atoms with van der Waals surface area (Å²) in [6.07, 6.45) is 1.65. The van der Waals surface area contributed by atoms with Gasteiger partial charge in [-0.25, -0.2) is 13.8 Å². The van der Waals surface area contributed by atoms with E-state index in [1.807, 2.05) is 25.8 Å². The fraction of sp³-hybridized carbons (Fsp3) is 0.235. The summed E-state index contributed by atoms with van der Waals surface area (Å²) in [4.78, 5) is 6.17. The third-order valence-corrected chi connectivity index (χ3v) is 3.38. The Morgan fingerprint density at radius 1 is 1.18 bits per heavy atom. The summed E-state index contributed by atoms with van der Waals surface area (Å²) >= 11 is 0. The second kappa shape index (κ2) is 7.02. The molecule has 0 aromatic heterocycles. The zero-order chi connectivity index (χ0) is 16.1. The fourth-order valence-electron chi connectivity index (χ4n) is 1.88. The van der Waals surface area contributed by atoms with Crippen LogP contribution >= 0.6 is 0 Å². The molecule has 0 aliphatic heterocycles. The van der Waals surface area contributed by atoms with Gasteiger partial charge in [-0.05, 0) is 43.7 Å². The lowest BCUT2D eigenvalue weighted by molar-refractivity contribution is 0.552. The number of hydrogen-bond acceptors (Lipinski definition) is 2. The minimum absolute atomic E-state index is 0.303. The predicted molar refractivity (Wildman–Crippen MR) is 87.3 cm³/mol. The largest absolute Gasteiger partial charge is 0.366 e. The van der Waals surface area contributed by atoms with Crippen LogP contribution in [0.5, 0.6) is 0 Å². The normalized spacial score (nSPS) is 11.0. The number of halogens is 2. The zero-order valence-corrected chi connectivity index (χ0v) is 12.9. The van der Waals surface area contributed by atoms with Crippen LogP contribution in [0.15, 0.2) is 41.4 Å². The SMILES string of the molecule is CCN(C)C=Nc1cc(F)cc(Nc2ccccc2F)c1C. The van der Waals surface area contributed by atoms with Crippen molar-refractivity contribution in [3.8, 4) is 0 Å². The molecular formula is C17H19F2N3. The molecule has 0 aliphatic rings. The number of anilines is 2. The van der Waals surface area contributed by atoms with Crippen molar-refractivity contribution in [2.24, 2.45) is 4.99 Å². The zero-order valence-electron chi connectivity index (χ0n) is 12.9. The van der Waals surface area contributed by atoms with E-state index in [-0.39, 0.29) is 5.82 Å². The maximum Gasteiger partial charge on any atom is 0.146 e. The Hall–Kier alpha value is -2.43. The number of aliphatic imine (C=N–C) groups is 1. The second-order valence-corrected chi connectivity index (χ2v) is 5.02. The predicted octanol–water partition coefficient (Wildman–Crippen LogP) is 4.63. The van der Waals surface area contributed by atoms with Gasteiger partial charge in [-0.15, -0.1) is 0 Å². The first-order chi connectivity index (χ1) is 10.5. The van der Waals surface area contributed by atoms with Crippen LogP contribution in [0.25, 0.3) is 0 Å². The number of benzene rings is 2. The van der Waals surface area contributed by atoms with Crippen LogP contribution < -0.4 is 5.32 Å². The molecule has 0 aliphatic carbocycles. The number of para-hydroxylation sites is 1. The number of hydrogen-bond donors (Lipinski definition) is 1. The first-order valence-electron chi connectivity index (χ1n) is 7.07. The van der Waals surface area contributed by atoms with E-state index in [0.717, 1.165) is 12.1 Å². The Kier molecular flexibility index (Phi) is 5.09. The van der Waals surface area contributed by atoms with Crippen LogP contribution in [0.2, 0.25) is 0 Å². The molecule has 5 heteroatoms. The van der Waals surface area contributed by atoms with Gasteiger partial charge in [0, 0.05) is 19.3 Å². The Bertz CT molecular complexity index is 684. The average molecular weight is 303 g/mol. The highest BCUT2D eigenvalue weighted by Gasteiger charge is 2.09. The van der Waals surface area contributed by atoms with Crippen molar-refractivity contribution in [3.05, 3.63) is 53.6 Å². The van der Waals surface area contributed by atoms with E-state index in [2.05, 4.69) is 10.3 Å². The molecule has 0 atom stereocenters. The summed E-state index contributed by atoms with van der Waals surface area (Å²) in [5.41, 5.74) is 2.07. The van der Waals surface area contributed by atoms with Gasteiger partial charge in [0.1, 0.15) is 11.6 Å².